The molecule has 0 bridgehead atoms. The first-order chi connectivity index (χ1) is 24.5. The van der Waals surface area contributed by atoms with E-state index >= 15 is 4.39 Å². The predicted molar refractivity (Wildman–Crippen MR) is 173 cm³/mol. The Morgan fingerprint density at radius 2 is 1.65 bits per heavy atom. The van der Waals surface area contributed by atoms with Crippen LogP contribution in [0.2, 0.25) is 0 Å². The van der Waals surface area contributed by atoms with Crippen molar-refractivity contribution in [2.75, 3.05) is 58.0 Å². The zero-order valence-corrected chi connectivity index (χ0v) is 28.6. The Morgan fingerprint density at radius 3 is 2.25 bits per heavy atom. The number of hydrogen-bond acceptors (Lipinski definition) is 8. The Balaban J connectivity index is 1.08. The molecule has 6 fully saturated rings. The van der Waals surface area contributed by atoms with Crippen molar-refractivity contribution in [1.29, 1.82) is 0 Å². The molecule has 15 heteroatoms. The minimum Gasteiger partial charge on any atom is -0.487 e. The van der Waals surface area contributed by atoms with Gasteiger partial charge in [-0.05, 0) is 75.2 Å². The van der Waals surface area contributed by atoms with Crippen LogP contribution >= 0.6 is 0 Å². The lowest BCUT2D eigenvalue weighted by Crippen LogP contribution is -2.59. The SMILES string of the molecule is O=C(N[C@H](C(=O)Nc1cc2c(cc1F)C(N1CC(C(F)(F)F)OCC1=O)CC1(CCN(C3COC3)CC1)O2)C(C1CC1)C1CC1)C1CCOCC1. The van der Waals surface area contributed by atoms with E-state index in [1.165, 1.54) is 12.1 Å². The molecule has 2 N–H and O–H groups in total. The Labute approximate surface area is 294 Å². The molecule has 1 aromatic rings. The van der Waals surface area contributed by atoms with E-state index in [-0.39, 0.29) is 41.2 Å². The lowest BCUT2D eigenvalue weighted by molar-refractivity contribution is -0.238. The van der Waals surface area contributed by atoms with Crippen molar-refractivity contribution in [3.63, 3.8) is 0 Å². The van der Waals surface area contributed by atoms with Crippen molar-refractivity contribution in [2.24, 2.45) is 23.7 Å². The number of nitrogens with zero attached hydrogens (tertiary/aromatic N) is 2. The summed E-state index contributed by atoms with van der Waals surface area (Å²) in [6.45, 7) is 2.12. The molecule has 3 atom stereocenters. The molecule has 5 heterocycles. The van der Waals surface area contributed by atoms with E-state index in [9.17, 15) is 27.6 Å². The Hall–Kier alpha value is -3.01. The van der Waals surface area contributed by atoms with Crippen molar-refractivity contribution in [1.82, 2.24) is 15.1 Å². The van der Waals surface area contributed by atoms with Gasteiger partial charge in [0.1, 0.15) is 29.8 Å². The van der Waals surface area contributed by atoms with Gasteiger partial charge in [-0.2, -0.15) is 13.2 Å². The van der Waals surface area contributed by atoms with Crippen LogP contribution in [0.15, 0.2) is 12.1 Å². The van der Waals surface area contributed by atoms with Gasteiger partial charge in [0.15, 0.2) is 6.10 Å². The van der Waals surface area contributed by atoms with Crippen LogP contribution in [0.1, 0.15) is 69.4 Å². The number of amides is 3. The third-order valence-corrected chi connectivity index (χ3v) is 12.2. The van der Waals surface area contributed by atoms with E-state index in [0.717, 1.165) is 30.6 Å². The number of carbonyl (C=O) groups excluding carboxylic acids is 3. The summed E-state index contributed by atoms with van der Waals surface area (Å²) in [5, 5.41) is 5.82. The fourth-order valence-corrected chi connectivity index (χ4v) is 8.82. The maximum atomic E-state index is 16.1. The largest absolute Gasteiger partial charge is 0.487 e. The summed E-state index contributed by atoms with van der Waals surface area (Å²) in [5.74, 6) is -1.60. The van der Waals surface area contributed by atoms with Crippen LogP contribution in [0.3, 0.4) is 0 Å². The highest BCUT2D eigenvalue weighted by Crippen LogP contribution is 2.52. The van der Waals surface area contributed by atoms with Crippen molar-refractivity contribution in [3.05, 3.63) is 23.5 Å². The zero-order chi connectivity index (χ0) is 35.5. The molecule has 2 aliphatic carbocycles. The minimum atomic E-state index is -4.68. The van der Waals surface area contributed by atoms with Gasteiger partial charge in [0.05, 0.1) is 37.5 Å². The number of morpholine rings is 1. The highest BCUT2D eigenvalue weighted by atomic mass is 19.4. The van der Waals surface area contributed by atoms with Gasteiger partial charge in [-0.3, -0.25) is 19.3 Å². The summed E-state index contributed by atoms with van der Waals surface area (Å²) in [4.78, 5) is 44.2. The van der Waals surface area contributed by atoms with E-state index < -0.39 is 60.7 Å². The number of alkyl halides is 3. The average molecular weight is 723 g/mol. The first kappa shape index (κ1) is 35.0. The van der Waals surface area contributed by atoms with Crippen LogP contribution in [-0.4, -0.2) is 110 Å². The van der Waals surface area contributed by atoms with Gasteiger partial charge in [0, 0.05) is 50.3 Å². The maximum Gasteiger partial charge on any atom is 0.416 e. The molecular weight excluding hydrogens is 676 g/mol. The molecule has 0 aromatic heterocycles. The number of halogens is 4. The molecule has 3 amide bonds. The van der Waals surface area contributed by atoms with Crippen molar-refractivity contribution < 1.29 is 50.9 Å². The summed E-state index contributed by atoms with van der Waals surface area (Å²) >= 11 is 0. The fourth-order valence-electron chi connectivity index (χ4n) is 8.82. The smallest absolute Gasteiger partial charge is 0.416 e. The van der Waals surface area contributed by atoms with Crippen LogP contribution in [0.4, 0.5) is 23.2 Å². The van der Waals surface area contributed by atoms with Crippen molar-refractivity contribution >= 4 is 23.4 Å². The lowest BCUT2D eigenvalue weighted by atomic mass is 9.79. The number of anilines is 1. The molecule has 1 spiro atoms. The zero-order valence-electron chi connectivity index (χ0n) is 28.6. The molecule has 5 aliphatic heterocycles. The van der Waals surface area contributed by atoms with Gasteiger partial charge in [0.2, 0.25) is 17.7 Å². The third kappa shape index (κ3) is 7.32. The van der Waals surface area contributed by atoms with E-state index in [1.54, 1.807) is 0 Å². The van der Waals surface area contributed by atoms with E-state index in [1.807, 2.05) is 0 Å². The normalized spacial score (nSPS) is 28.2. The lowest BCUT2D eigenvalue weighted by Gasteiger charge is -2.51. The topological polar surface area (TPSA) is 119 Å². The van der Waals surface area contributed by atoms with Crippen LogP contribution in [0, 0.1) is 29.5 Å². The second kappa shape index (κ2) is 13.8. The van der Waals surface area contributed by atoms with Gasteiger partial charge in [0.25, 0.3) is 0 Å². The number of benzene rings is 1. The van der Waals surface area contributed by atoms with Crippen LogP contribution in [0.25, 0.3) is 0 Å². The quantitative estimate of drug-likeness (QED) is 0.368. The molecule has 7 aliphatic rings. The molecule has 11 nitrogen and oxygen atoms in total. The van der Waals surface area contributed by atoms with Gasteiger partial charge in [-0.1, -0.05) is 0 Å². The molecule has 4 saturated heterocycles. The standard InChI is InChI=1S/C36H46F4N4O7/c37-25-13-24-27(44-16-29(36(38,39)40)50-19-30(44)45)15-35(7-9-43(10-8-35)23-17-49-18-23)51-28(24)14-26(25)41-34(47)32(31(20-1-2-20)21-3-4-21)42-33(46)22-5-11-48-12-6-22/h13-14,20-23,27,29,31-32H,1-12,15-19H2,(H,41,47)(H,42,46)/t27?,29?,32-/m0/s1. The summed E-state index contributed by atoms with van der Waals surface area (Å²) in [5.41, 5.74) is -0.718. The monoisotopic (exact) mass is 722 g/mol. The third-order valence-electron chi connectivity index (χ3n) is 12.2. The van der Waals surface area contributed by atoms with Gasteiger partial charge >= 0.3 is 6.18 Å². The summed E-state index contributed by atoms with van der Waals surface area (Å²) in [6.07, 6.45) is -0.524. The summed E-state index contributed by atoms with van der Waals surface area (Å²) in [6, 6.07) is 1.13. The first-order valence-corrected chi connectivity index (χ1v) is 18.5. The molecule has 2 saturated carbocycles. The number of hydrogen-bond donors (Lipinski definition) is 2. The average Bonchev–Trinajstić information content (AvgIpc) is 4.02. The Kier molecular flexibility index (Phi) is 9.45. The number of likely N-dealkylation sites (tertiary alicyclic amines) is 1. The summed E-state index contributed by atoms with van der Waals surface area (Å²) in [7, 11) is 0. The van der Waals surface area contributed by atoms with Gasteiger partial charge in [-0.15, -0.1) is 0 Å². The van der Waals surface area contributed by atoms with E-state index in [4.69, 9.17) is 18.9 Å². The van der Waals surface area contributed by atoms with E-state index in [2.05, 4.69) is 15.5 Å². The van der Waals surface area contributed by atoms with Crippen LogP contribution in [0.5, 0.6) is 5.75 Å². The van der Waals surface area contributed by atoms with Crippen molar-refractivity contribution in [2.45, 2.75) is 93.8 Å². The Morgan fingerprint density at radius 1 is 0.961 bits per heavy atom. The molecule has 51 heavy (non-hydrogen) atoms. The van der Waals surface area contributed by atoms with Crippen LogP contribution in [-0.2, 0) is 28.6 Å². The van der Waals surface area contributed by atoms with Crippen LogP contribution < -0.4 is 15.4 Å². The summed E-state index contributed by atoms with van der Waals surface area (Å²) < 4.78 is 79.9. The predicted octanol–water partition coefficient (Wildman–Crippen LogP) is 3.96. The number of piperidine rings is 1. The highest BCUT2D eigenvalue weighted by molar-refractivity contribution is 5.98. The molecule has 8 rings (SSSR count). The minimum absolute atomic E-state index is 0.0569. The Bertz CT molecular complexity index is 1490. The second-order valence-corrected chi connectivity index (χ2v) is 15.6. The number of carbonyl (C=O) groups is 3. The molecule has 1 aromatic carbocycles. The van der Waals surface area contributed by atoms with Crippen molar-refractivity contribution in [3.8, 4) is 5.75 Å². The number of fused-ring (bicyclic) bond motifs is 1. The number of ether oxygens (including phenoxy) is 4. The molecule has 2 unspecified atom stereocenters. The first-order valence-electron chi connectivity index (χ1n) is 18.5. The maximum absolute atomic E-state index is 16.1. The highest BCUT2D eigenvalue weighted by Gasteiger charge is 2.52. The molecular formula is C36H46F4N4O7. The number of nitrogens with one attached hydrogen (secondary N) is 2. The fraction of sp³-hybridized carbons (Fsp3) is 0.750. The van der Waals surface area contributed by atoms with E-state index in [0.29, 0.717) is 83.1 Å². The second-order valence-electron chi connectivity index (χ2n) is 15.6. The van der Waals surface area contributed by atoms with Gasteiger partial charge < -0.3 is 34.5 Å². The molecule has 280 valence electrons. The number of rotatable bonds is 9. The molecule has 0 radical (unpaired) electrons. The van der Waals surface area contributed by atoms with Gasteiger partial charge in [-0.25, -0.2) is 4.39 Å².